The lowest BCUT2D eigenvalue weighted by Crippen LogP contribution is -2.21. The molecule has 0 aliphatic carbocycles. The van der Waals surface area contributed by atoms with E-state index in [2.05, 4.69) is 10.5 Å². The minimum absolute atomic E-state index is 0.0366. The van der Waals surface area contributed by atoms with E-state index < -0.39 is 14.8 Å². The van der Waals surface area contributed by atoms with Crippen molar-refractivity contribution in [3.8, 4) is 11.3 Å². The summed E-state index contributed by atoms with van der Waals surface area (Å²) in [5.74, 6) is 0.423. The van der Waals surface area contributed by atoms with Crippen molar-refractivity contribution in [2.75, 3.05) is 11.5 Å². The predicted molar refractivity (Wildman–Crippen MR) is 97.9 cm³/mol. The Labute approximate surface area is 155 Å². The summed E-state index contributed by atoms with van der Waals surface area (Å²) in [4.78, 5) is 22.2. The second-order valence-corrected chi connectivity index (χ2v) is 8.50. The highest BCUT2D eigenvalue weighted by Gasteiger charge is 2.29. The summed E-state index contributed by atoms with van der Waals surface area (Å²) < 4.78 is 28.3. The van der Waals surface area contributed by atoms with E-state index in [4.69, 9.17) is 4.42 Å². The van der Waals surface area contributed by atoms with Gasteiger partial charge in [-0.05, 0) is 24.5 Å². The Kier molecular flexibility index (Phi) is 5.36. The van der Waals surface area contributed by atoms with Crippen LogP contribution in [0.1, 0.15) is 18.6 Å². The number of carbonyl (C=O) groups excluding carboxylic acids is 1. The second-order valence-electron chi connectivity index (χ2n) is 6.28. The smallest absolute Gasteiger partial charge is 0.270 e. The SMILES string of the molecule is O=C(C[C@H]1CCS(=O)(=O)C1)N/N=C\c1ccc(-c2cccc([N+](=O)[O-])c2)o1. The fraction of sp³-hybridized carbons (Fsp3) is 0.294. The number of nitrogens with one attached hydrogen (secondary N) is 1. The molecule has 0 spiro atoms. The first-order valence-corrected chi connectivity index (χ1v) is 10.0. The average Bonchev–Trinajstić information content (AvgIpc) is 3.21. The van der Waals surface area contributed by atoms with Gasteiger partial charge in [0.1, 0.15) is 11.5 Å². The number of hydrogen-bond acceptors (Lipinski definition) is 7. The normalized spacial score (nSPS) is 18.6. The molecule has 0 radical (unpaired) electrons. The molecule has 1 N–H and O–H groups in total. The van der Waals surface area contributed by atoms with Crippen LogP contribution in [0.2, 0.25) is 0 Å². The second kappa shape index (κ2) is 7.70. The topological polar surface area (TPSA) is 132 Å². The predicted octanol–water partition coefficient (Wildman–Crippen LogP) is 2.13. The van der Waals surface area contributed by atoms with Crippen LogP contribution in [0.25, 0.3) is 11.3 Å². The average molecular weight is 391 g/mol. The number of carbonyl (C=O) groups is 1. The van der Waals surface area contributed by atoms with E-state index in [9.17, 15) is 23.3 Å². The molecular formula is C17H17N3O6S. The first-order chi connectivity index (χ1) is 12.8. The molecule has 1 fully saturated rings. The third kappa shape index (κ3) is 5.00. The van der Waals surface area contributed by atoms with E-state index in [0.717, 1.165) is 0 Å². The van der Waals surface area contributed by atoms with E-state index in [0.29, 0.717) is 23.5 Å². The lowest BCUT2D eigenvalue weighted by molar-refractivity contribution is -0.384. The first-order valence-electron chi connectivity index (χ1n) is 8.19. The minimum atomic E-state index is -3.01. The van der Waals surface area contributed by atoms with E-state index in [1.165, 1.54) is 18.3 Å². The lowest BCUT2D eigenvalue weighted by atomic mass is 10.1. The molecule has 1 aliphatic rings. The molecule has 0 saturated carbocycles. The Morgan fingerprint density at radius 3 is 2.89 bits per heavy atom. The summed E-state index contributed by atoms with van der Waals surface area (Å²) in [5, 5.41) is 14.6. The molecule has 0 unspecified atom stereocenters. The molecule has 2 heterocycles. The molecule has 27 heavy (non-hydrogen) atoms. The number of rotatable bonds is 6. The van der Waals surface area contributed by atoms with Crippen molar-refractivity contribution in [2.24, 2.45) is 11.0 Å². The van der Waals surface area contributed by atoms with Crippen molar-refractivity contribution in [2.45, 2.75) is 12.8 Å². The zero-order valence-electron chi connectivity index (χ0n) is 14.2. The Hall–Kier alpha value is -3.01. The highest BCUT2D eigenvalue weighted by atomic mass is 32.2. The van der Waals surface area contributed by atoms with Crippen LogP contribution in [0.15, 0.2) is 45.9 Å². The fourth-order valence-electron chi connectivity index (χ4n) is 2.86. The molecule has 2 aromatic rings. The number of sulfone groups is 1. The molecule has 142 valence electrons. The van der Waals surface area contributed by atoms with Crippen LogP contribution in [0, 0.1) is 16.0 Å². The van der Waals surface area contributed by atoms with Gasteiger partial charge in [-0.2, -0.15) is 5.10 Å². The fourth-order valence-corrected chi connectivity index (χ4v) is 4.72. The number of benzene rings is 1. The molecular weight excluding hydrogens is 374 g/mol. The molecule has 1 aromatic heterocycles. The van der Waals surface area contributed by atoms with Gasteiger partial charge in [-0.25, -0.2) is 13.8 Å². The van der Waals surface area contributed by atoms with Crippen molar-refractivity contribution >= 4 is 27.6 Å². The molecule has 9 nitrogen and oxygen atoms in total. The molecule has 1 amide bonds. The Balaban J connectivity index is 1.57. The van der Waals surface area contributed by atoms with Gasteiger partial charge < -0.3 is 4.42 Å². The molecule has 1 aromatic carbocycles. The van der Waals surface area contributed by atoms with Gasteiger partial charge in [0.15, 0.2) is 9.84 Å². The summed E-state index contributed by atoms with van der Waals surface area (Å²) in [6.07, 6.45) is 1.90. The number of nitrogens with zero attached hydrogens (tertiary/aromatic N) is 2. The van der Waals surface area contributed by atoms with Gasteiger partial charge in [-0.3, -0.25) is 14.9 Å². The van der Waals surface area contributed by atoms with Gasteiger partial charge in [0.2, 0.25) is 5.91 Å². The van der Waals surface area contributed by atoms with Crippen LogP contribution in [0.4, 0.5) is 5.69 Å². The van der Waals surface area contributed by atoms with Gasteiger partial charge in [0, 0.05) is 24.1 Å². The molecule has 3 rings (SSSR count). The Bertz CT molecular complexity index is 996. The zero-order chi connectivity index (χ0) is 19.4. The van der Waals surface area contributed by atoms with E-state index in [-0.39, 0.29) is 35.4 Å². The maximum atomic E-state index is 11.8. The number of nitro benzene ring substituents is 1. The minimum Gasteiger partial charge on any atom is -0.455 e. The van der Waals surface area contributed by atoms with Gasteiger partial charge in [-0.15, -0.1) is 0 Å². The van der Waals surface area contributed by atoms with Crippen molar-refractivity contribution in [1.29, 1.82) is 0 Å². The lowest BCUT2D eigenvalue weighted by Gasteiger charge is -2.04. The van der Waals surface area contributed by atoms with Gasteiger partial charge in [-0.1, -0.05) is 12.1 Å². The van der Waals surface area contributed by atoms with Crippen molar-refractivity contribution < 1.29 is 22.6 Å². The van der Waals surface area contributed by atoms with E-state index in [1.54, 1.807) is 24.3 Å². The van der Waals surface area contributed by atoms with Crippen molar-refractivity contribution in [3.63, 3.8) is 0 Å². The third-order valence-corrected chi connectivity index (χ3v) is 5.99. The third-order valence-electron chi connectivity index (χ3n) is 4.15. The van der Waals surface area contributed by atoms with Crippen LogP contribution < -0.4 is 5.43 Å². The van der Waals surface area contributed by atoms with Crippen LogP contribution in [0.5, 0.6) is 0 Å². The van der Waals surface area contributed by atoms with Gasteiger partial charge >= 0.3 is 0 Å². The first kappa shape index (κ1) is 18.8. The van der Waals surface area contributed by atoms with Crippen molar-refractivity contribution in [3.05, 3.63) is 52.3 Å². The van der Waals surface area contributed by atoms with Crippen LogP contribution in [-0.2, 0) is 14.6 Å². The van der Waals surface area contributed by atoms with E-state index in [1.807, 2.05) is 0 Å². The standard InChI is InChI=1S/C17H17N3O6S/c21-17(8-12-6-7-27(24,25)11-12)19-18-10-15-4-5-16(26-15)13-2-1-3-14(9-13)20(22)23/h1-5,9-10,12H,6-8,11H2,(H,19,21)/b18-10-/t12-/m1/s1. The van der Waals surface area contributed by atoms with Crippen LogP contribution >= 0.6 is 0 Å². The molecule has 10 heteroatoms. The highest BCUT2D eigenvalue weighted by Crippen LogP contribution is 2.25. The molecule has 1 atom stereocenters. The van der Waals surface area contributed by atoms with Crippen LogP contribution in [-0.4, -0.2) is 37.0 Å². The number of hydrazone groups is 1. The highest BCUT2D eigenvalue weighted by molar-refractivity contribution is 7.91. The maximum absolute atomic E-state index is 11.8. The quantitative estimate of drug-likeness (QED) is 0.456. The van der Waals surface area contributed by atoms with Crippen molar-refractivity contribution in [1.82, 2.24) is 5.43 Å². The monoisotopic (exact) mass is 391 g/mol. The van der Waals surface area contributed by atoms with Crippen LogP contribution in [0.3, 0.4) is 0 Å². The Morgan fingerprint density at radius 2 is 2.19 bits per heavy atom. The van der Waals surface area contributed by atoms with Gasteiger partial charge in [0.25, 0.3) is 5.69 Å². The summed E-state index contributed by atoms with van der Waals surface area (Å²) in [5.41, 5.74) is 2.85. The Morgan fingerprint density at radius 1 is 1.37 bits per heavy atom. The summed E-state index contributed by atoms with van der Waals surface area (Å²) in [6.45, 7) is 0. The molecule has 1 aliphatic heterocycles. The van der Waals surface area contributed by atoms with Gasteiger partial charge in [0.05, 0.1) is 22.6 Å². The number of nitro groups is 1. The number of amides is 1. The number of furan rings is 1. The number of hydrogen-bond donors (Lipinski definition) is 1. The molecule has 1 saturated heterocycles. The number of non-ortho nitro benzene ring substituents is 1. The maximum Gasteiger partial charge on any atom is 0.270 e. The summed E-state index contributed by atoms with van der Waals surface area (Å²) >= 11 is 0. The molecule has 0 bridgehead atoms. The summed E-state index contributed by atoms with van der Waals surface area (Å²) in [7, 11) is -3.01. The summed E-state index contributed by atoms with van der Waals surface area (Å²) in [6, 6.07) is 9.30. The zero-order valence-corrected chi connectivity index (χ0v) is 15.0. The largest absolute Gasteiger partial charge is 0.455 e. The van der Waals surface area contributed by atoms with E-state index >= 15 is 0 Å².